The normalized spacial score (nSPS) is 16.9. The van der Waals surface area contributed by atoms with E-state index in [1.54, 1.807) is 19.2 Å². The first-order valence-corrected chi connectivity index (χ1v) is 13.0. The van der Waals surface area contributed by atoms with Gasteiger partial charge >= 0.3 is 7.12 Å². The van der Waals surface area contributed by atoms with Gasteiger partial charge < -0.3 is 18.6 Å². The molecule has 0 N–H and O–H groups in total. The SMILES string of the molecule is COCCn1c(Cc2cc(F)c(B3OC(C)(C)C(C)(C)O3)cc2F)nc2ccc(C(=O)CC(C)(C)C)cc21. The third-order valence-electron chi connectivity index (χ3n) is 7.38. The summed E-state index contributed by atoms with van der Waals surface area (Å²) in [7, 11) is 0.597. The molecule has 0 saturated carbocycles. The Bertz CT molecular complexity index is 1340. The van der Waals surface area contributed by atoms with Crippen LogP contribution < -0.4 is 5.46 Å². The van der Waals surface area contributed by atoms with Crippen LogP contribution in [-0.4, -0.2) is 47.4 Å². The van der Waals surface area contributed by atoms with Gasteiger partial charge in [-0.25, -0.2) is 13.8 Å². The lowest BCUT2D eigenvalue weighted by molar-refractivity contribution is 0.00578. The second-order valence-electron chi connectivity index (χ2n) is 12.3. The lowest BCUT2D eigenvalue weighted by atomic mass is 9.78. The molecule has 0 radical (unpaired) electrons. The van der Waals surface area contributed by atoms with Crippen LogP contribution in [-0.2, 0) is 27.0 Å². The summed E-state index contributed by atoms with van der Waals surface area (Å²) in [5.41, 5.74) is 0.755. The molecule has 0 spiro atoms. The van der Waals surface area contributed by atoms with Gasteiger partial charge in [0, 0.05) is 37.5 Å². The largest absolute Gasteiger partial charge is 0.497 e. The van der Waals surface area contributed by atoms with Crippen LogP contribution in [0.25, 0.3) is 11.0 Å². The van der Waals surface area contributed by atoms with E-state index in [-0.39, 0.29) is 28.6 Å². The molecule has 4 rings (SSSR count). The fraction of sp³-hybridized carbons (Fsp3) is 0.517. The van der Waals surface area contributed by atoms with Crippen LogP contribution in [0.3, 0.4) is 0 Å². The van der Waals surface area contributed by atoms with Crippen molar-refractivity contribution in [1.29, 1.82) is 0 Å². The quantitative estimate of drug-likeness (QED) is 0.288. The Kier molecular flexibility index (Phi) is 7.60. The monoisotopic (exact) mass is 526 g/mol. The molecule has 1 aromatic heterocycles. The summed E-state index contributed by atoms with van der Waals surface area (Å²) in [6, 6.07) is 7.74. The van der Waals surface area contributed by atoms with E-state index in [2.05, 4.69) is 0 Å². The number of ether oxygens (including phenoxy) is 1. The number of carbonyl (C=O) groups is 1. The van der Waals surface area contributed by atoms with Crippen molar-refractivity contribution in [2.24, 2.45) is 5.41 Å². The van der Waals surface area contributed by atoms with Crippen molar-refractivity contribution in [3.05, 3.63) is 58.9 Å². The minimum atomic E-state index is -1.00. The number of fused-ring (bicyclic) bond motifs is 1. The number of rotatable bonds is 8. The molecule has 9 heteroatoms. The van der Waals surface area contributed by atoms with Crippen molar-refractivity contribution in [2.45, 2.75) is 79.1 Å². The summed E-state index contributed by atoms with van der Waals surface area (Å²) in [4.78, 5) is 17.6. The predicted molar refractivity (Wildman–Crippen MR) is 145 cm³/mol. The summed E-state index contributed by atoms with van der Waals surface area (Å²) in [5, 5.41) is 0. The molecule has 0 atom stereocenters. The van der Waals surface area contributed by atoms with E-state index in [4.69, 9.17) is 19.0 Å². The molecule has 0 amide bonds. The first kappa shape index (κ1) is 28.4. The number of Topliss-reactive ketones (excluding diaryl/α,β-unsaturated/α-hetero) is 1. The molecule has 6 nitrogen and oxygen atoms in total. The van der Waals surface area contributed by atoms with Crippen LogP contribution in [0.2, 0.25) is 0 Å². The molecule has 0 aliphatic carbocycles. The highest BCUT2D eigenvalue weighted by Crippen LogP contribution is 2.37. The second kappa shape index (κ2) is 10.2. The van der Waals surface area contributed by atoms with E-state index in [9.17, 15) is 4.79 Å². The smallest absolute Gasteiger partial charge is 0.399 e. The van der Waals surface area contributed by atoms with Crippen molar-refractivity contribution in [1.82, 2.24) is 9.55 Å². The molecule has 1 aliphatic rings. The van der Waals surface area contributed by atoms with E-state index in [0.29, 0.717) is 36.5 Å². The summed E-state index contributed by atoms with van der Waals surface area (Å²) < 4.78 is 49.6. The van der Waals surface area contributed by atoms with Gasteiger partial charge in [-0.2, -0.15) is 0 Å². The molecule has 1 saturated heterocycles. The Balaban J connectivity index is 1.68. The number of hydrogen-bond acceptors (Lipinski definition) is 5. The summed E-state index contributed by atoms with van der Waals surface area (Å²) in [6.45, 7) is 14.4. The van der Waals surface area contributed by atoms with E-state index < -0.39 is 30.0 Å². The Labute approximate surface area is 223 Å². The van der Waals surface area contributed by atoms with E-state index >= 15 is 8.78 Å². The fourth-order valence-electron chi connectivity index (χ4n) is 4.56. The topological polar surface area (TPSA) is 62.6 Å². The van der Waals surface area contributed by atoms with Gasteiger partial charge in [-0.3, -0.25) is 4.79 Å². The second-order valence-corrected chi connectivity index (χ2v) is 12.3. The summed E-state index contributed by atoms with van der Waals surface area (Å²) in [6.07, 6.45) is 0.479. The Morgan fingerprint density at radius 1 is 1.05 bits per heavy atom. The molecule has 2 aromatic carbocycles. The molecule has 38 heavy (non-hydrogen) atoms. The van der Waals surface area contributed by atoms with Crippen LogP contribution in [0.1, 0.15) is 76.6 Å². The van der Waals surface area contributed by atoms with Gasteiger partial charge in [0.15, 0.2) is 5.78 Å². The van der Waals surface area contributed by atoms with Gasteiger partial charge in [0.1, 0.15) is 17.5 Å². The lowest BCUT2D eigenvalue weighted by Crippen LogP contribution is -2.41. The number of imidazole rings is 1. The molecule has 1 fully saturated rings. The fourth-order valence-corrected chi connectivity index (χ4v) is 4.56. The Morgan fingerprint density at radius 2 is 1.71 bits per heavy atom. The lowest BCUT2D eigenvalue weighted by Gasteiger charge is -2.32. The van der Waals surface area contributed by atoms with Crippen LogP contribution in [0.5, 0.6) is 0 Å². The van der Waals surface area contributed by atoms with Gasteiger partial charge in [-0.1, -0.05) is 20.8 Å². The summed E-state index contributed by atoms with van der Waals surface area (Å²) >= 11 is 0. The average molecular weight is 526 g/mol. The minimum absolute atomic E-state index is 0.0276. The van der Waals surface area contributed by atoms with Gasteiger partial charge in [-0.05, 0) is 69.0 Å². The molecule has 3 aromatic rings. The number of methoxy groups -OCH3 is 1. The van der Waals surface area contributed by atoms with Gasteiger partial charge in [0.25, 0.3) is 0 Å². The highest BCUT2D eigenvalue weighted by atomic mass is 19.1. The molecular formula is C29H37BF2N2O4. The first-order chi connectivity index (χ1) is 17.6. The van der Waals surface area contributed by atoms with Crippen LogP contribution >= 0.6 is 0 Å². The van der Waals surface area contributed by atoms with Gasteiger partial charge in [0.05, 0.1) is 28.8 Å². The number of carbonyl (C=O) groups excluding carboxylic acids is 1. The highest BCUT2D eigenvalue weighted by Gasteiger charge is 2.52. The predicted octanol–water partition coefficient (Wildman–Crippen LogP) is 5.47. The van der Waals surface area contributed by atoms with Crippen molar-refractivity contribution < 1.29 is 27.6 Å². The molecule has 0 unspecified atom stereocenters. The maximum absolute atomic E-state index is 15.3. The van der Waals surface area contributed by atoms with Gasteiger partial charge in [-0.15, -0.1) is 0 Å². The third kappa shape index (κ3) is 5.70. The van der Waals surface area contributed by atoms with Gasteiger partial charge in [0.2, 0.25) is 0 Å². The molecule has 1 aliphatic heterocycles. The molecule has 0 bridgehead atoms. The minimum Gasteiger partial charge on any atom is -0.399 e. The van der Waals surface area contributed by atoms with Crippen molar-refractivity contribution in [3.63, 3.8) is 0 Å². The zero-order chi connectivity index (χ0) is 28.0. The first-order valence-electron chi connectivity index (χ1n) is 13.0. The molecular weight excluding hydrogens is 489 g/mol. The molecule has 204 valence electrons. The maximum Gasteiger partial charge on any atom is 0.497 e. The van der Waals surface area contributed by atoms with Crippen molar-refractivity contribution >= 4 is 29.4 Å². The standard InChI is InChI=1S/C29H37BF2N2O4/c1-27(2,3)17-25(35)18-9-10-23-24(14-18)34(11-12-36-8)26(33-23)15-19-13-22(32)20(16-21(19)31)30-37-28(4,5)29(6,7)38-30/h9-10,13-14,16H,11-12,15,17H2,1-8H3. The number of hydrogen-bond donors (Lipinski definition) is 0. The zero-order valence-electron chi connectivity index (χ0n) is 23.6. The Hall–Kier alpha value is -2.62. The van der Waals surface area contributed by atoms with Crippen LogP contribution in [0.4, 0.5) is 8.78 Å². The van der Waals surface area contributed by atoms with E-state index in [0.717, 1.165) is 11.6 Å². The van der Waals surface area contributed by atoms with Crippen LogP contribution in [0, 0.1) is 17.0 Å². The zero-order valence-corrected chi connectivity index (χ0v) is 23.6. The van der Waals surface area contributed by atoms with E-state index in [1.165, 1.54) is 6.07 Å². The van der Waals surface area contributed by atoms with Crippen molar-refractivity contribution in [2.75, 3.05) is 13.7 Å². The Morgan fingerprint density at radius 3 is 2.32 bits per heavy atom. The number of aromatic nitrogens is 2. The number of nitrogens with zero attached hydrogens (tertiary/aromatic N) is 2. The summed E-state index contributed by atoms with van der Waals surface area (Å²) in [5.74, 6) is -0.567. The maximum atomic E-state index is 15.3. The van der Waals surface area contributed by atoms with Crippen molar-refractivity contribution in [3.8, 4) is 0 Å². The average Bonchev–Trinajstić information content (AvgIpc) is 3.24. The number of benzene rings is 2. The number of ketones is 1. The van der Waals surface area contributed by atoms with E-state index in [1.807, 2.05) is 59.1 Å². The van der Waals surface area contributed by atoms with Crippen LogP contribution in [0.15, 0.2) is 30.3 Å². The number of halogens is 2. The molecule has 2 heterocycles. The highest BCUT2D eigenvalue weighted by molar-refractivity contribution is 6.62. The third-order valence-corrected chi connectivity index (χ3v) is 7.38.